The van der Waals surface area contributed by atoms with E-state index in [1.807, 2.05) is 0 Å². The van der Waals surface area contributed by atoms with Crippen LogP contribution in [0.2, 0.25) is 5.02 Å². The van der Waals surface area contributed by atoms with E-state index in [9.17, 15) is 18.0 Å². The molecule has 9 nitrogen and oxygen atoms in total. The minimum atomic E-state index is -3.85. The molecule has 11 heteroatoms. The first kappa shape index (κ1) is 22.3. The van der Waals surface area contributed by atoms with Gasteiger partial charge in [-0.3, -0.25) is 9.59 Å². The zero-order valence-electron chi connectivity index (χ0n) is 16.6. The zero-order chi connectivity index (χ0) is 21.9. The summed E-state index contributed by atoms with van der Waals surface area (Å²) < 4.78 is 32.3. The molecule has 1 aliphatic heterocycles. The molecule has 2 aromatic rings. The first-order chi connectivity index (χ1) is 14.2. The first-order valence-electron chi connectivity index (χ1n) is 9.46. The molecule has 0 unspecified atom stereocenters. The van der Waals surface area contributed by atoms with Crippen LogP contribution in [0.4, 0.5) is 5.82 Å². The molecule has 162 valence electrons. The number of sulfonamides is 1. The maximum Gasteiger partial charge on any atom is 0.241 e. The second-order valence-electron chi connectivity index (χ2n) is 7.21. The van der Waals surface area contributed by atoms with Crippen LogP contribution in [0.1, 0.15) is 25.5 Å². The minimum Gasteiger partial charge on any atom is -0.360 e. The molecule has 1 saturated heterocycles. The van der Waals surface area contributed by atoms with Crippen molar-refractivity contribution in [3.05, 3.63) is 41.1 Å². The predicted molar refractivity (Wildman–Crippen MR) is 110 cm³/mol. The van der Waals surface area contributed by atoms with Crippen LogP contribution in [0.25, 0.3) is 0 Å². The van der Waals surface area contributed by atoms with E-state index < -0.39 is 16.1 Å². The topological polar surface area (TPSA) is 122 Å². The minimum absolute atomic E-state index is 0.0324. The Morgan fingerprint density at radius 2 is 1.87 bits per heavy atom. The Balaban J connectivity index is 1.52. The van der Waals surface area contributed by atoms with Gasteiger partial charge >= 0.3 is 0 Å². The molecule has 1 aromatic carbocycles. The summed E-state index contributed by atoms with van der Waals surface area (Å²) in [5.74, 6) is 0.194. The van der Waals surface area contributed by atoms with Gasteiger partial charge in [-0.15, -0.1) is 0 Å². The molecule has 0 saturated carbocycles. The Labute approximate surface area is 179 Å². The predicted octanol–water partition coefficient (Wildman–Crippen LogP) is 2.18. The number of anilines is 1. The van der Waals surface area contributed by atoms with Crippen molar-refractivity contribution in [3.8, 4) is 0 Å². The highest BCUT2D eigenvalue weighted by Gasteiger charge is 2.31. The van der Waals surface area contributed by atoms with E-state index in [-0.39, 0.29) is 22.6 Å². The smallest absolute Gasteiger partial charge is 0.241 e. The van der Waals surface area contributed by atoms with Gasteiger partial charge in [0.15, 0.2) is 5.82 Å². The van der Waals surface area contributed by atoms with Gasteiger partial charge < -0.3 is 14.7 Å². The summed E-state index contributed by atoms with van der Waals surface area (Å²) >= 11 is 5.79. The highest BCUT2D eigenvalue weighted by atomic mass is 35.5. The highest BCUT2D eigenvalue weighted by Crippen LogP contribution is 2.21. The fraction of sp³-hybridized carbons (Fsp3) is 0.421. The van der Waals surface area contributed by atoms with Crippen LogP contribution >= 0.6 is 11.6 Å². The van der Waals surface area contributed by atoms with E-state index in [2.05, 4.69) is 15.2 Å². The molecule has 1 aliphatic rings. The lowest BCUT2D eigenvalue weighted by molar-refractivity contribution is -0.135. The number of aromatic nitrogens is 1. The lowest BCUT2D eigenvalue weighted by atomic mass is 9.95. The molecule has 2 amide bonds. The van der Waals surface area contributed by atoms with Gasteiger partial charge in [0.25, 0.3) is 0 Å². The van der Waals surface area contributed by atoms with Gasteiger partial charge in [-0.1, -0.05) is 16.8 Å². The van der Waals surface area contributed by atoms with Crippen LogP contribution in [0, 0.1) is 12.8 Å². The number of benzene rings is 1. The van der Waals surface area contributed by atoms with Crippen molar-refractivity contribution in [2.45, 2.75) is 37.6 Å². The molecule has 1 atom stereocenters. The molecular weight excluding hydrogens is 432 g/mol. The van der Waals surface area contributed by atoms with Crippen LogP contribution in [0.5, 0.6) is 0 Å². The molecule has 3 rings (SSSR count). The number of rotatable bonds is 6. The fourth-order valence-electron chi connectivity index (χ4n) is 3.25. The van der Waals surface area contributed by atoms with Crippen LogP contribution in [0.15, 0.2) is 39.8 Å². The van der Waals surface area contributed by atoms with Crippen molar-refractivity contribution < 1.29 is 22.5 Å². The number of carbonyl (C=O) groups excluding carboxylic acids is 2. The van der Waals surface area contributed by atoms with Crippen LogP contribution in [-0.4, -0.2) is 49.4 Å². The summed E-state index contributed by atoms with van der Waals surface area (Å²) in [6, 6.07) is 6.39. The molecule has 30 heavy (non-hydrogen) atoms. The summed E-state index contributed by atoms with van der Waals surface area (Å²) in [7, 11) is -3.85. The maximum atomic E-state index is 12.7. The second-order valence-corrected chi connectivity index (χ2v) is 9.36. The molecule has 0 bridgehead atoms. The van der Waals surface area contributed by atoms with E-state index in [0.717, 1.165) is 0 Å². The van der Waals surface area contributed by atoms with Crippen molar-refractivity contribution >= 4 is 39.3 Å². The van der Waals surface area contributed by atoms with Crippen LogP contribution in [-0.2, 0) is 19.6 Å². The third-order valence-electron chi connectivity index (χ3n) is 4.88. The van der Waals surface area contributed by atoms with Crippen molar-refractivity contribution in [1.82, 2.24) is 14.8 Å². The lowest BCUT2D eigenvalue weighted by Crippen LogP contribution is -2.50. The van der Waals surface area contributed by atoms with E-state index in [1.165, 1.54) is 31.2 Å². The van der Waals surface area contributed by atoms with Gasteiger partial charge in [-0.2, -0.15) is 4.72 Å². The average molecular weight is 455 g/mol. The third kappa shape index (κ3) is 5.38. The lowest BCUT2D eigenvalue weighted by Gasteiger charge is -2.33. The molecule has 0 aliphatic carbocycles. The van der Waals surface area contributed by atoms with E-state index >= 15 is 0 Å². The third-order valence-corrected chi connectivity index (χ3v) is 6.69. The molecule has 1 aromatic heterocycles. The second kappa shape index (κ2) is 9.15. The van der Waals surface area contributed by atoms with E-state index in [1.54, 1.807) is 17.9 Å². The van der Waals surface area contributed by atoms with Crippen molar-refractivity contribution in [1.29, 1.82) is 0 Å². The SMILES string of the molecule is Cc1cc(NC(=O)C2CCN(C(=O)[C@H](C)NS(=O)(=O)c3ccc(Cl)cc3)CC2)no1. The van der Waals surface area contributed by atoms with Gasteiger partial charge in [-0.05, 0) is 51.0 Å². The number of likely N-dealkylation sites (tertiary alicyclic amines) is 1. The largest absolute Gasteiger partial charge is 0.360 e. The van der Waals surface area contributed by atoms with Crippen LogP contribution < -0.4 is 10.0 Å². The van der Waals surface area contributed by atoms with Gasteiger partial charge in [0.05, 0.1) is 10.9 Å². The average Bonchev–Trinajstić information content (AvgIpc) is 3.12. The van der Waals surface area contributed by atoms with Crippen molar-refractivity contribution in [3.63, 3.8) is 0 Å². The van der Waals surface area contributed by atoms with Crippen molar-refractivity contribution in [2.24, 2.45) is 5.92 Å². The normalized spacial score (nSPS) is 16.3. The number of nitrogens with one attached hydrogen (secondary N) is 2. The Hall–Kier alpha value is -2.43. The number of halogens is 1. The first-order valence-corrected chi connectivity index (χ1v) is 11.3. The molecular formula is C19H23ClN4O5S. The molecule has 0 spiro atoms. The van der Waals surface area contributed by atoms with E-state index in [4.69, 9.17) is 16.1 Å². The van der Waals surface area contributed by atoms with Gasteiger partial charge in [0.1, 0.15) is 5.76 Å². The number of piperidine rings is 1. The summed E-state index contributed by atoms with van der Waals surface area (Å²) in [5, 5.41) is 6.86. The van der Waals surface area contributed by atoms with E-state index in [0.29, 0.717) is 42.5 Å². The van der Waals surface area contributed by atoms with Crippen molar-refractivity contribution in [2.75, 3.05) is 18.4 Å². The summed E-state index contributed by atoms with van der Waals surface area (Å²) in [6.45, 7) is 3.96. The molecule has 1 fully saturated rings. The molecule has 2 N–H and O–H groups in total. The number of carbonyl (C=O) groups is 2. The number of aryl methyl sites for hydroxylation is 1. The Kier molecular flexibility index (Phi) is 6.79. The Morgan fingerprint density at radius 3 is 2.43 bits per heavy atom. The number of hydrogen-bond acceptors (Lipinski definition) is 6. The van der Waals surface area contributed by atoms with Crippen LogP contribution in [0.3, 0.4) is 0 Å². The summed E-state index contributed by atoms with van der Waals surface area (Å²) in [6.07, 6.45) is 0.954. The Morgan fingerprint density at radius 1 is 1.23 bits per heavy atom. The molecule has 2 heterocycles. The summed E-state index contributed by atoms with van der Waals surface area (Å²) in [4.78, 5) is 26.6. The number of nitrogens with zero attached hydrogens (tertiary/aromatic N) is 2. The Bertz CT molecular complexity index is 1010. The van der Waals surface area contributed by atoms with Gasteiger partial charge in [0.2, 0.25) is 21.8 Å². The zero-order valence-corrected chi connectivity index (χ0v) is 18.2. The summed E-state index contributed by atoms with van der Waals surface area (Å²) in [5.41, 5.74) is 0. The monoisotopic (exact) mass is 454 g/mol. The molecule has 0 radical (unpaired) electrons. The number of hydrogen-bond donors (Lipinski definition) is 2. The number of amides is 2. The highest BCUT2D eigenvalue weighted by molar-refractivity contribution is 7.89. The van der Waals surface area contributed by atoms with Gasteiger partial charge in [0, 0.05) is 30.1 Å². The quantitative estimate of drug-likeness (QED) is 0.689. The van der Waals surface area contributed by atoms with Gasteiger partial charge in [-0.25, -0.2) is 8.42 Å². The standard InChI is InChI=1S/C19H23ClN4O5S/c1-12-11-17(22-29-12)21-18(25)14-7-9-24(10-8-14)19(26)13(2)23-30(27,28)16-5-3-15(20)4-6-16/h3-6,11,13-14,23H,7-10H2,1-2H3,(H,21,22,25)/t13-/m0/s1. The maximum absolute atomic E-state index is 12.7. The fourth-order valence-corrected chi connectivity index (χ4v) is 4.58.